The first-order valence-corrected chi connectivity index (χ1v) is 13.1. The van der Waals surface area contributed by atoms with Crippen molar-refractivity contribution in [3.63, 3.8) is 0 Å². The van der Waals surface area contributed by atoms with Crippen LogP contribution in [0.1, 0.15) is 43.3 Å². The molecule has 9 nitrogen and oxygen atoms in total. The highest BCUT2D eigenvalue weighted by molar-refractivity contribution is 7.89. The Hall–Kier alpha value is -3.32. The second-order valence-electron chi connectivity index (χ2n) is 9.72. The summed E-state index contributed by atoms with van der Waals surface area (Å²) >= 11 is 0. The minimum absolute atomic E-state index is 0.0232. The number of likely N-dealkylation sites (tertiary alicyclic amines) is 1. The van der Waals surface area contributed by atoms with Gasteiger partial charge in [0.1, 0.15) is 17.5 Å². The van der Waals surface area contributed by atoms with Crippen LogP contribution in [0.25, 0.3) is 10.9 Å². The van der Waals surface area contributed by atoms with Gasteiger partial charge in [-0.3, -0.25) is 4.79 Å². The monoisotopic (exact) mass is 534 g/mol. The molecule has 0 saturated carbocycles. The van der Waals surface area contributed by atoms with Gasteiger partial charge in [0, 0.05) is 49.5 Å². The molecule has 0 bridgehead atoms. The van der Waals surface area contributed by atoms with E-state index in [1.165, 1.54) is 35.6 Å². The number of hydrogen-bond donors (Lipinski definition) is 1. The second-order valence-corrected chi connectivity index (χ2v) is 11.6. The molecule has 37 heavy (non-hydrogen) atoms. The molecule has 5 rings (SSSR count). The third-order valence-electron chi connectivity index (χ3n) is 6.91. The van der Waals surface area contributed by atoms with Gasteiger partial charge in [0.05, 0.1) is 23.3 Å². The molecule has 2 aliphatic rings. The number of amides is 1. The van der Waals surface area contributed by atoms with E-state index in [0.717, 1.165) is 6.07 Å². The normalized spacial score (nSPS) is 18.1. The van der Waals surface area contributed by atoms with Crippen molar-refractivity contribution in [3.05, 3.63) is 53.2 Å². The fourth-order valence-electron chi connectivity index (χ4n) is 4.92. The number of alkyl halides is 2. The molecule has 1 spiro atoms. The lowest BCUT2D eigenvalue weighted by Crippen LogP contribution is -2.73. The van der Waals surface area contributed by atoms with Crippen LogP contribution in [0.3, 0.4) is 0 Å². The highest BCUT2D eigenvalue weighted by Crippen LogP contribution is 2.42. The van der Waals surface area contributed by atoms with Gasteiger partial charge < -0.3 is 10.2 Å². The average Bonchev–Trinajstić information content (AvgIpc) is 2.76. The number of aryl methyl sites for hydroxylation is 1. The van der Waals surface area contributed by atoms with Crippen molar-refractivity contribution in [2.75, 3.05) is 31.5 Å². The van der Waals surface area contributed by atoms with Crippen LogP contribution in [0, 0.1) is 18.2 Å². The summed E-state index contributed by atoms with van der Waals surface area (Å²) in [5, 5.41) is 3.18. The van der Waals surface area contributed by atoms with E-state index < -0.39 is 33.9 Å². The standard InChI is InChI=1S/C24H25F3N6O3S/c1-13(16-5-4-6-17(21(16)25)22(26)27)29-23-18-7-20(28-8-19(18)30-14(2)31-23)37(35,36)33-11-24(12-33)9-32(10-24)15(3)34/h4-8,13,22H,9-12H2,1-3H3,(H,29,30,31)/t13-/m1/s1. The lowest BCUT2D eigenvalue weighted by molar-refractivity contribution is -0.149. The third-order valence-corrected chi connectivity index (χ3v) is 8.60. The number of pyridine rings is 1. The van der Waals surface area contributed by atoms with Crippen LogP contribution in [0.15, 0.2) is 35.5 Å². The predicted octanol–water partition coefficient (Wildman–Crippen LogP) is 3.44. The molecule has 2 aromatic heterocycles. The molecule has 2 saturated heterocycles. The topological polar surface area (TPSA) is 108 Å². The fraction of sp³-hybridized carbons (Fsp3) is 0.417. The fourth-order valence-corrected chi connectivity index (χ4v) is 6.53. The van der Waals surface area contributed by atoms with Crippen LogP contribution in [-0.2, 0) is 14.8 Å². The van der Waals surface area contributed by atoms with Gasteiger partial charge in [0.15, 0.2) is 5.03 Å². The Morgan fingerprint density at radius 3 is 2.46 bits per heavy atom. The maximum absolute atomic E-state index is 14.7. The molecule has 1 aromatic carbocycles. The molecule has 196 valence electrons. The van der Waals surface area contributed by atoms with E-state index in [1.807, 2.05) is 0 Å². The van der Waals surface area contributed by atoms with E-state index in [2.05, 4.69) is 20.3 Å². The minimum atomic E-state index is -3.92. The molecule has 2 aliphatic heterocycles. The molecule has 0 unspecified atom stereocenters. The quantitative estimate of drug-likeness (QED) is 0.516. The number of nitrogens with one attached hydrogen (secondary N) is 1. The predicted molar refractivity (Wildman–Crippen MR) is 129 cm³/mol. The highest BCUT2D eigenvalue weighted by atomic mass is 32.2. The molecule has 3 aromatic rings. The Morgan fingerprint density at radius 1 is 1.14 bits per heavy atom. The van der Waals surface area contributed by atoms with E-state index >= 15 is 0 Å². The summed E-state index contributed by atoms with van der Waals surface area (Å²) in [5.41, 5.74) is -0.513. The van der Waals surface area contributed by atoms with E-state index in [9.17, 15) is 26.4 Å². The second kappa shape index (κ2) is 8.91. The number of nitrogens with zero attached hydrogens (tertiary/aromatic N) is 5. The maximum Gasteiger partial charge on any atom is 0.266 e. The number of aromatic nitrogens is 3. The average molecular weight is 535 g/mol. The highest BCUT2D eigenvalue weighted by Gasteiger charge is 2.56. The number of halogens is 3. The molecular weight excluding hydrogens is 509 g/mol. The summed E-state index contributed by atoms with van der Waals surface area (Å²) in [7, 11) is -3.92. The Morgan fingerprint density at radius 2 is 1.81 bits per heavy atom. The van der Waals surface area contributed by atoms with Crippen molar-refractivity contribution < 1.29 is 26.4 Å². The summed E-state index contributed by atoms with van der Waals surface area (Å²) in [6.45, 7) is 6.37. The third kappa shape index (κ3) is 4.39. The van der Waals surface area contributed by atoms with Gasteiger partial charge in [-0.25, -0.2) is 36.5 Å². The molecule has 0 aliphatic carbocycles. The molecular formula is C24H25F3N6O3S. The molecule has 13 heteroatoms. The van der Waals surface area contributed by atoms with Crippen molar-refractivity contribution in [2.45, 2.75) is 38.3 Å². The Bertz CT molecular complexity index is 1500. The first-order chi connectivity index (χ1) is 17.4. The van der Waals surface area contributed by atoms with E-state index in [-0.39, 0.29) is 27.7 Å². The number of fused-ring (bicyclic) bond motifs is 1. The molecule has 1 N–H and O–H groups in total. The number of hydrogen-bond acceptors (Lipinski definition) is 7. The Labute approximate surface area is 211 Å². The zero-order valence-electron chi connectivity index (χ0n) is 20.4. The van der Waals surface area contributed by atoms with E-state index in [4.69, 9.17) is 0 Å². The Kier molecular flexibility index (Phi) is 6.10. The summed E-state index contributed by atoms with van der Waals surface area (Å²) in [6.07, 6.45) is -1.62. The first kappa shape index (κ1) is 25.3. The maximum atomic E-state index is 14.7. The van der Waals surface area contributed by atoms with Crippen LogP contribution in [0.5, 0.6) is 0 Å². The number of sulfonamides is 1. The molecule has 2 fully saturated rings. The summed E-state index contributed by atoms with van der Waals surface area (Å²) < 4.78 is 68.9. The van der Waals surface area contributed by atoms with E-state index in [0.29, 0.717) is 42.9 Å². The smallest absolute Gasteiger partial charge is 0.266 e. The first-order valence-electron chi connectivity index (χ1n) is 11.6. The zero-order chi connectivity index (χ0) is 26.7. The molecule has 0 radical (unpaired) electrons. The zero-order valence-corrected chi connectivity index (χ0v) is 21.2. The van der Waals surface area contributed by atoms with Crippen LogP contribution in [-0.4, -0.2) is 64.7 Å². The van der Waals surface area contributed by atoms with E-state index in [1.54, 1.807) is 18.7 Å². The van der Waals surface area contributed by atoms with Crippen LogP contribution < -0.4 is 5.32 Å². The summed E-state index contributed by atoms with van der Waals surface area (Å²) in [5.74, 6) is -0.449. The molecule has 1 atom stereocenters. The summed E-state index contributed by atoms with van der Waals surface area (Å²) in [4.78, 5) is 26.0. The SMILES string of the molecule is CC(=O)N1CC2(C1)CN(S(=O)(=O)c1cc3c(N[C@H](C)c4cccc(C(F)F)c4F)nc(C)nc3cn1)C2. The number of carbonyl (C=O) groups is 1. The number of anilines is 1. The molecule has 1 amide bonds. The number of benzene rings is 1. The van der Waals surface area contributed by atoms with Gasteiger partial charge in [0.25, 0.3) is 16.4 Å². The Balaban J connectivity index is 1.43. The van der Waals surface area contributed by atoms with Gasteiger partial charge in [0.2, 0.25) is 5.91 Å². The van der Waals surface area contributed by atoms with Crippen molar-refractivity contribution in [3.8, 4) is 0 Å². The van der Waals surface area contributed by atoms with Crippen molar-refractivity contribution in [1.29, 1.82) is 0 Å². The van der Waals surface area contributed by atoms with Crippen LogP contribution in [0.4, 0.5) is 19.0 Å². The number of carbonyl (C=O) groups excluding carboxylic acids is 1. The summed E-state index contributed by atoms with van der Waals surface area (Å²) in [6, 6.07) is 4.39. The van der Waals surface area contributed by atoms with Crippen molar-refractivity contribution >= 4 is 32.7 Å². The van der Waals surface area contributed by atoms with Gasteiger partial charge >= 0.3 is 0 Å². The lowest BCUT2D eigenvalue weighted by atomic mass is 9.74. The van der Waals surface area contributed by atoms with Crippen molar-refractivity contribution in [1.82, 2.24) is 24.2 Å². The lowest BCUT2D eigenvalue weighted by Gasteiger charge is -2.59. The number of rotatable bonds is 6. The van der Waals surface area contributed by atoms with Crippen LogP contribution >= 0.6 is 0 Å². The van der Waals surface area contributed by atoms with Gasteiger partial charge in [-0.2, -0.15) is 4.31 Å². The van der Waals surface area contributed by atoms with Gasteiger partial charge in [-0.15, -0.1) is 0 Å². The molecule has 4 heterocycles. The van der Waals surface area contributed by atoms with Gasteiger partial charge in [-0.1, -0.05) is 18.2 Å². The minimum Gasteiger partial charge on any atom is -0.363 e. The van der Waals surface area contributed by atoms with Gasteiger partial charge in [-0.05, 0) is 19.9 Å². The van der Waals surface area contributed by atoms with Crippen molar-refractivity contribution in [2.24, 2.45) is 5.41 Å². The largest absolute Gasteiger partial charge is 0.363 e. The van der Waals surface area contributed by atoms with Crippen LogP contribution in [0.2, 0.25) is 0 Å².